The van der Waals surface area contributed by atoms with Crippen molar-refractivity contribution in [3.05, 3.63) is 24.2 Å². The van der Waals surface area contributed by atoms with Crippen LogP contribution in [0, 0.1) is 0 Å². The molecule has 4 heteroatoms. The maximum absolute atomic E-state index is 12.2. The van der Waals surface area contributed by atoms with E-state index in [4.69, 9.17) is 4.42 Å². The minimum atomic E-state index is 0.110. The zero-order valence-electron chi connectivity index (χ0n) is 10.9. The normalized spacial score (nSPS) is 23.7. The third-order valence-corrected chi connectivity index (χ3v) is 4.69. The van der Waals surface area contributed by atoms with Gasteiger partial charge in [-0.1, -0.05) is 0 Å². The van der Waals surface area contributed by atoms with E-state index in [2.05, 4.69) is 11.9 Å². The van der Waals surface area contributed by atoms with Crippen LogP contribution in [0.4, 0.5) is 0 Å². The lowest BCUT2D eigenvalue weighted by Gasteiger charge is -2.43. The van der Waals surface area contributed by atoms with Gasteiger partial charge < -0.3 is 14.2 Å². The Labute approximate surface area is 108 Å². The molecule has 0 atom stereocenters. The summed E-state index contributed by atoms with van der Waals surface area (Å²) in [5, 5.41) is 0. The van der Waals surface area contributed by atoms with Gasteiger partial charge in [0.05, 0.1) is 11.8 Å². The summed E-state index contributed by atoms with van der Waals surface area (Å²) < 4.78 is 4.98. The number of hydrogen-bond acceptors (Lipinski definition) is 3. The van der Waals surface area contributed by atoms with Gasteiger partial charge in [-0.25, -0.2) is 0 Å². The monoisotopic (exact) mass is 248 g/mol. The molecule has 0 radical (unpaired) electrons. The second-order valence-corrected chi connectivity index (χ2v) is 5.55. The predicted octanol–water partition coefficient (Wildman–Crippen LogP) is 1.98. The molecule has 98 valence electrons. The fraction of sp³-hybridized carbons (Fsp3) is 0.643. The SMILES string of the molecule is CN1CCCC12CCN(C(=O)c1ccoc1)CC2. The van der Waals surface area contributed by atoms with Gasteiger partial charge >= 0.3 is 0 Å². The van der Waals surface area contributed by atoms with Crippen molar-refractivity contribution >= 4 is 5.91 Å². The Hall–Kier alpha value is -1.29. The first-order valence-electron chi connectivity index (χ1n) is 6.74. The molecule has 0 aromatic carbocycles. The van der Waals surface area contributed by atoms with Crippen LogP contribution in [-0.2, 0) is 0 Å². The average molecular weight is 248 g/mol. The second-order valence-electron chi connectivity index (χ2n) is 5.55. The zero-order chi connectivity index (χ0) is 12.6. The molecule has 0 N–H and O–H groups in total. The van der Waals surface area contributed by atoms with E-state index in [-0.39, 0.29) is 5.91 Å². The molecule has 3 rings (SSSR count). The molecule has 1 aromatic heterocycles. The molecule has 4 nitrogen and oxygen atoms in total. The van der Waals surface area contributed by atoms with Crippen LogP contribution < -0.4 is 0 Å². The van der Waals surface area contributed by atoms with Crippen molar-refractivity contribution in [1.82, 2.24) is 9.80 Å². The van der Waals surface area contributed by atoms with E-state index in [0.29, 0.717) is 11.1 Å². The smallest absolute Gasteiger partial charge is 0.257 e. The molecule has 18 heavy (non-hydrogen) atoms. The van der Waals surface area contributed by atoms with Gasteiger partial charge in [0.25, 0.3) is 5.91 Å². The van der Waals surface area contributed by atoms with Crippen LogP contribution in [-0.4, -0.2) is 47.9 Å². The lowest BCUT2D eigenvalue weighted by atomic mass is 9.85. The second kappa shape index (κ2) is 4.43. The summed E-state index contributed by atoms with van der Waals surface area (Å²) in [5.41, 5.74) is 1.04. The van der Waals surface area contributed by atoms with E-state index in [0.717, 1.165) is 25.9 Å². The van der Waals surface area contributed by atoms with Gasteiger partial charge in [0.1, 0.15) is 6.26 Å². The van der Waals surface area contributed by atoms with E-state index in [9.17, 15) is 4.79 Å². The maximum Gasteiger partial charge on any atom is 0.257 e. The summed E-state index contributed by atoms with van der Waals surface area (Å²) >= 11 is 0. The minimum Gasteiger partial charge on any atom is -0.472 e. The summed E-state index contributed by atoms with van der Waals surface area (Å²) in [7, 11) is 2.22. The summed E-state index contributed by atoms with van der Waals surface area (Å²) in [6.07, 6.45) is 7.89. The molecule has 1 aromatic rings. The fourth-order valence-corrected chi connectivity index (χ4v) is 3.40. The number of furan rings is 1. The molecule has 0 bridgehead atoms. The third-order valence-electron chi connectivity index (χ3n) is 4.69. The Balaban J connectivity index is 1.65. The van der Waals surface area contributed by atoms with E-state index in [1.807, 2.05) is 4.90 Å². The van der Waals surface area contributed by atoms with Gasteiger partial charge in [-0.15, -0.1) is 0 Å². The zero-order valence-corrected chi connectivity index (χ0v) is 10.9. The first-order valence-corrected chi connectivity index (χ1v) is 6.74. The van der Waals surface area contributed by atoms with Gasteiger partial charge in [-0.2, -0.15) is 0 Å². The third kappa shape index (κ3) is 1.85. The van der Waals surface area contributed by atoms with E-state index < -0.39 is 0 Å². The summed E-state index contributed by atoms with van der Waals surface area (Å²) in [4.78, 5) is 16.7. The quantitative estimate of drug-likeness (QED) is 0.762. The molecule has 0 saturated carbocycles. The van der Waals surface area contributed by atoms with Crippen molar-refractivity contribution in [2.45, 2.75) is 31.2 Å². The van der Waals surface area contributed by atoms with Crippen LogP contribution in [0.15, 0.2) is 23.0 Å². The maximum atomic E-state index is 12.2. The first-order chi connectivity index (χ1) is 8.71. The Kier molecular flexibility index (Phi) is 2.90. The highest BCUT2D eigenvalue weighted by Crippen LogP contribution is 2.37. The first kappa shape index (κ1) is 11.8. The molecule has 2 fully saturated rings. The van der Waals surface area contributed by atoms with Gasteiger partial charge in [0.15, 0.2) is 0 Å². The molecule has 2 saturated heterocycles. The van der Waals surface area contributed by atoms with Gasteiger partial charge in [-0.05, 0) is 45.3 Å². The molecule has 0 unspecified atom stereocenters. The van der Waals surface area contributed by atoms with Crippen molar-refractivity contribution in [2.24, 2.45) is 0 Å². The topological polar surface area (TPSA) is 36.7 Å². The Bertz CT molecular complexity index is 419. The van der Waals surface area contributed by atoms with Crippen molar-refractivity contribution < 1.29 is 9.21 Å². The lowest BCUT2D eigenvalue weighted by molar-refractivity contribution is 0.0492. The minimum absolute atomic E-state index is 0.110. The summed E-state index contributed by atoms with van der Waals surface area (Å²) in [5.74, 6) is 0.110. The molecule has 1 spiro atoms. The molecule has 1 amide bonds. The summed E-state index contributed by atoms with van der Waals surface area (Å²) in [6, 6.07) is 1.74. The van der Waals surface area contributed by atoms with Crippen molar-refractivity contribution in [3.63, 3.8) is 0 Å². The van der Waals surface area contributed by atoms with Crippen molar-refractivity contribution in [1.29, 1.82) is 0 Å². The number of carbonyl (C=O) groups excluding carboxylic acids is 1. The molecule has 2 aliphatic heterocycles. The number of carbonyl (C=O) groups is 1. The van der Waals surface area contributed by atoms with E-state index in [1.54, 1.807) is 12.3 Å². The largest absolute Gasteiger partial charge is 0.472 e. The average Bonchev–Trinajstić information content (AvgIpc) is 3.02. The van der Waals surface area contributed by atoms with Crippen LogP contribution in [0.3, 0.4) is 0 Å². The van der Waals surface area contributed by atoms with Gasteiger partial charge in [-0.3, -0.25) is 4.79 Å². The molecular formula is C14H20N2O2. The Morgan fingerprint density at radius 3 is 2.61 bits per heavy atom. The van der Waals surface area contributed by atoms with Crippen LogP contribution in [0.1, 0.15) is 36.0 Å². The molecule has 0 aliphatic carbocycles. The van der Waals surface area contributed by atoms with Crippen molar-refractivity contribution in [2.75, 3.05) is 26.7 Å². The number of nitrogens with zero attached hydrogens (tertiary/aromatic N) is 2. The highest BCUT2D eigenvalue weighted by Gasteiger charge is 2.41. The van der Waals surface area contributed by atoms with Gasteiger partial charge in [0, 0.05) is 18.6 Å². The molecular weight excluding hydrogens is 228 g/mol. The number of rotatable bonds is 1. The molecule has 2 aliphatic rings. The molecule has 3 heterocycles. The van der Waals surface area contributed by atoms with Crippen LogP contribution >= 0.6 is 0 Å². The van der Waals surface area contributed by atoms with Crippen LogP contribution in [0.2, 0.25) is 0 Å². The number of piperidine rings is 1. The lowest BCUT2D eigenvalue weighted by Crippen LogP contribution is -2.51. The van der Waals surface area contributed by atoms with E-state index >= 15 is 0 Å². The number of likely N-dealkylation sites (tertiary alicyclic amines) is 2. The Morgan fingerprint density at radius 1 is 1.28 bits per heavy atom. The fourth-order valence-electron chi connectivity index (χ4n) is 3.40. The standard InChI is InChI=1S/C14H20N2O2/c1-15-7-2-4-14(15)5-8-16(9-6-14)13(17)12-3-10-18-11-12/h3,10-11H,2,4-9H2,1H3. The van der Waals surface area contributed by atoms with Crippen molar-refractivity contribution in [3.8, 4) is 0 Å². The number of amides is 1. The van der Waals surface area contributed by atoms with Gasteiger partial charge in [0.2, 0.25) is 0 Å². The van der Waals surface area contributed by atoms with E-state index in [1.165, 1.54) is 25.6 Å². The highest BCUT2D eigenvalue weighted by molar-refractivity contribution is 5.93. The van der Waals surface area contributed by atoms with Crippen LogP contribution in [0.5, 0.6) is 0 Å². The van der Waals surface area contributed by atoms with Crippen LogP contribution in [0.25, 0.3) is 0 Å². The Morgan fingerprint density at radius 2 is 2.06 bits per heavy atom. The highest BCUT2D eigenvalue weighted by atomic mass is 16.3. The summed E-state index contributed by atoms with van der Waals surface area (Å²) in [6.45, 7) is 2.94. The number of hydrogen-bond donors (Lipinski definition) is 0. The predicted molar refractivity (Wildman–Crippen MR) is 68.4 cm³/mol.